The zero-order chi connectivity index (χ0) is 21.6. The molecule has 0 aromatic heterocycles. The van der Waals surface area contributed by atoms with Gasteiger partial charge in [-0.1, -0.05) is 57.9 Å². The van der Waals surface area contributed by atoms with Gasteiger partial charge in [-0.25, -0.2) is 0 Å². The third kappa shape index (κ3) is 3.77. The Kier molecular flexibility index (Phi) is 6.38. The predicted molar refractivity (Wildman–Crippen MR) is 131 cm³/mol. The van der Waals surface area contributed by atoms with E-state index in [4.69, 9.17) is 0 Å². The van der Waals surface area contributed by atoms with E-state index >= 15 is 0 Å². The van der Waals surface area contributed by atoms with Crippen LogP contribution in [0.5, 0.6) is 0 Å². The fourth-order valence-corrected chi connectivity index (χ4v) is 9.22. The average Bonchev–Trinajstić information content (AvgIpc) is 2.84. The maximum absolute atomic E-state index is 2.75. The van der Waals surface area contributed by atoms with E-state index in [-0.39, 0.29) is 0 Å². The Hall–Kier alpha value is -0.520. The Morgan fingerprint density at radius 1 is 0.767 bits per heavy atom. The fourth-order valence-electron chi connectivity index (χ4n) is 9.22. The molecule has 3 unspecified atom stereocenters. The fraction of sp³-hybridized carbons (Fsp3) is 0.867. The van der Waals surface area contributed by atoms with Gasteiger partial charge in [0, 0.05) is 0 Å². The quantitative estimate of drug-likeness (QED) is 0.406. The van der Waals surface area contributed by atoms with E-state index in [0.29, 0.717) is 16.2 Å². The largest absolute Gasteiger partial charge is 0.0913 e. The molecule has 0 aromatic carbocycles. The van der Waals surface area contributed by atoms with Crippen LogP contribution >= 0.6 is 0 Å². The highest BCUT2D eigenvalue weighted by molar-refractivity contribution is 5.18. The molecule has 4 saturated carbocycles. The maximum atomic E-state index is 2.75. The van der Waals surface area contributed by atoms with Crippen LogP contribution in [-0.4, -0.2) is 0 Å². The molecular formula is C30H50. The number of hydrogen-bond acceptors (Lipinski definition) is 0. The smallest absolute Gasteiger partial charge is 0.0136 e. The van der Waals surface area contributed by atoms with Crippen LogP contribution in [-0.2, 0) is 0 Å². The van der Waals surface area contributed by atoms with Gasteiger partial charge in [-0.05, 0) is 130 Å². The third-order valence-electron chi connectivity index (χ3n) is 11.2. The summed E-state index contributed by atoms with van der Waals surface area (Å²) in [4.78, 5) is 0. The van der Waals surface area contributed by atoms with E-state index in [1.807, 2.05) is 0 Å². The Morgan fingerprint density at radius 3 is 2.27 bits per heavy atom. The summed E-state index contributed by atoms with van der Waals surface area (Å²) in [6.07, 6.45) is 24.7. The Labute approximate surface area is 188 Å². The van der Waals surface area contributed by atoms with E-state index in [9.17, 15) is 0 Å². The van der Waals surface area contributed by atoms with Crippen molar-refractivity contribution >= 4 is 0 Å². The van der Waals surface area contributed by atoms with Gasteiger partial charge in [0.15, 0.2) is 0 Å². The molecule has 0 nitrogen and oxygen atoms in total. The molecule has 4 aliphatic carbocycles. The van der Waals surface area contributed by atoms with Crippen molar-refractivity contribution in [3.05, 3.63) is 23.8 Å². The van der Waals surface area contributed by atoms with Crippen molar-refractivity contribution in [3.8, 4) is 0 Å². The summed E-state index contributed by atoms with van der Waals surface area (Å²) in [6, 6.07) is 0. The molecule has 4 aliphatic rings. The predicted octanol–water partition coefficient (Wildman–Crippen LogP) is 9.36. The molecule has 0 radical (unpaired) electrons. The topological polar surface area (TPSA) is 0 Å². The lowest BCUT2D eigenvalue weighted by Crippen LogP contribution is -2.55. The second kappa shape index (κ2) is 8.44. The second-order valence-electron chi connectivity index (χ2n) is 13.0. The van der Waals surface area contributed by atoms with Crippen LogP contribution < -0.4 is 0 Å². The number of allylic oxidation sites excluding steroid dienone is 4. The SMILES string of the molecule is C/C=C/C/C(=C\C)[C@@H]1CCC[C@H]2[C@@H]3CCC4CCC(C)(C)CC[C@]4(C)C3CCC12C. The summed E-state index contributed by atoms with van der Waals surface area (Å²) in [6.45, 7) is 15.0. The van der Waals surface area contributed by atoms with Crippen molar-refractivity contribution < 1.29 is 0 Å². The van der Waals surface area contributed by atoms with Crippen molar-refractivity contribution in [2.45, 2.75) is 119 Å². The summed E-state index contributed by atoms with van der Waals surface area (Å²) in [5, 5.41) is 0. The van der Waals surface area contributed by atoms with Gasteiger partial charge >= 0.3 is 0 Å². The molecule has 0 heterocycles. The van der Waals surface area contributed by atoms with E-state index < -0.39 is 0 Å². The van der Waals surface area contributed by atoms with Gasteiger partial charge in [0.25, 0.3) is 0 Å². The Morgan fingerprint density at radius 2 is 1.53 bits per heavy atom. The zero-order valence-electron chi connectivity index (χ0n) is 21.1. The molecule has 0 spiro atoms. The van der Waals surface area contributed by atoms with Crippen LogP contribution in [0.25, 0.3) is 0 Å². The van der Waals surface area contributed by atoms with Gasteiger partial charge in [0.2, 0.25) is 0 Å². The molecule has 0 bridgehead atoms. The van der Waals surface area contributed by atoms with Crippen LogP contribution in [0, 0.1) is 45.8 Å². The average molecular weight is 411 g/mol. The van der Waals surface area contributed by atoms with Gasteiger partial charge < -0.3 is 0 Å². The molecule has 0 aliphatic heterocycles. The van der Waals surface area contributed by atoms with Gasteiger partial charge in [-0.3, -0.25) is 0 Å². The standard InChI is InChI=1S/C30H50/c1-7-9-11-22(8-2)25-12-10-13-26-24-15-14-23-16-18-28(3,4)20-21-29(23,5)27(24)17-19-30(25,26)6/h7-9,23-27H,10-21H2,1-6H3/b9-7+,22-8+/t23?,24-,25-,26-,27?,29-,30?/m0/s1. The molecule has 170 valence electrons. The van der Waals surface area contributed by atoms with E-state index in [2.05, 4.69) is 59.8 Å². The van der Waals surface area contributed by atoms with Crippen LogP contribution in [0.2, 0.25) is 0 Å². The molecule has 30 heavy (non-hydrogen) atoms. The maximum Gasteiger partial charge on any atom is -0.0136 e. The van der Waals surface area contributed by atoms with E-state index in [1.54, 1.807) is 12.0 Å². The minimum absolute atomic E-state index is 0.552. The van der Waals surface area contributed by atoms with Crippen LogP contribution in [0.1, 0.15) is 119 Å². The van der Waals surface area contributed by atoms with Crippen molar-refractivity contribution in [2.75, 3.05) is 0 Å². The molecule has 4 rings (SSSR count). The summed E-state index contributed by atoms with van der Waals surface area (Å²) in [7, 11) is 0. The summed E-state index contributed by atoms with van der Waals surface area (Å²) >= 11 is 0. The molecule has 7 atom stereocenters. The lowest BCUT2D eigenvalue weighted by molar-refractivity contribution is -0.127. The van der Waals surface area contributed by atoms with Crippen LogP contribution in [0.15, 0.2) is 23.8 Å². The van der Waals surface area contributed by atoms with E-state index in [0.717, 1.165) is 29.6 Å². The van der Waals surface area contributed by atoms with Crippen molar-refractivity contribution in [2.24, 2.45) is 45.8 Å². The molecule has 4 fully saturated rings. The third-order valence-corrected chi connectivity index (χ3v) is 11.2. The highest BCUT2D eigenvalue weighted by atomic mass is 14.6. The first kappa shape index (κ1) is 22.7. The molecular weight excluding hydrogens is 360 g/mol. The zero-order valence-corrected chi connectivity index (χ0v) is 21.1. The molecule has 0 amide bonds. The van der Waals surface area contributed by atoms with Gasteiger partial charge in [0.1, 0.15) is 0 Å². The van der Waals surface area contributed by atoms with Crippen LogP contribution in [0.3, 0.4) is 0 Å². The number of rotatable bonds is 3. The summed E-state index contributed by atoms with van der Waals surface area (Å²) in [5.74, 6) is 4.83. The van der Waals surface area contributed by atoms with Crippen molar-refractivity contribution in [1.29, 1.82) is 0 Å². The first-order chi connectivity index (χ1) is 14.2. The van der Waals surface area contributed by atoms with Crippen LogP contribution in [0.4, 0.5) is 0 Å². The second-order valence-corrected chi connectivity index (χ2v) is 13.0. The van der Waals surface area contributed by atoms with Gasteiger partial charge in [-0.15, -0.1) is 0 Å². The highest BCUT2D eigenvalue weighted by Crippen LogP contribution is 2.67. The lowest BCUT2D eigenvalue weighted by atomic mass is 9.42. The van der Waals surface area contributed by atoms with Gasteiger partial charge in [0.05, 0.1) is 0 Å². The normalized spacial score (nSPS) is 46.6. The summed E-state index contributed by atoms with van der Waals surface area (Å²) < 4.78 is 0. The molecule has 0 aromatic rings. The van der Waals surface area contributed by atoms with Gasteiger partial charge in [-0.2, -0.15) is 0 Å². The lowest BCUT2D eigenvalue weighted by Gasteiger charge is -2.63. The van der Waals surface area contributed by atoms with Crippen molar-refractivity contribution in [1.82, 2.24) is 0 Å². The minimum Gasteiger partial charge on any atom is -0.0913 e. The van der Waals surface area contributed by atoms with Crippen molar-refractivity contribution in [3.63, 3.8) is 0 Å². The van der Waals surface area contributed by atoms with E-state index in [1.165, 1.54) is 70.6 Å². The Balaban J connectivity index is 1.60. The monoisotopic (exact) mass is 410 g/mol. The number of hydrogen-bond donors (Lipinski definition) is 0. The number of fused-ring (bicyclic) bond motifs is 5. The minimum atomic E-state index is 0.552. The first-order valence-electron chi connectivity index (χ1n) is 13.5. The highest BCUT2D eigenvalue weighted by Gasteiger charge is 2.58. The Bertz CT molecular complexity index is 666. The molecule has 0 saturated heterocycles. The molecule has 0 N–H and O–H groups in total. The molecule has 0 heteroatoms. The first-order valence-corrected chi connectivity index (χ1v) is 13.5. The summed E-state index contributed by atoms with van der Waals surface area (Å²) in [5.41, 5.74) is 3.49.